The van der Waals surface area contributed by atoms with Gasteiger partial charge in [0.1, 0.15) is 11.6 Å². The first-order chi connectivity index (χ1) is 8.34. The molecule has 0 saturated carbocycles. The zero-order chi connectivity index (χ0) is 11.7. The van der Waals surface area contributed by atoms with Crippen molar-refractivity contribution in [1.29, 1.82) is 0 Å². The number of fused-ring (bicyclic) bond motifs is 1. The Morgan fingerprint density at radius 3 is 3.06 bits per heavy atom. The molecule has 2 heterocycles. The number of hydrogen-bond acceptors (Lipinski definition) is 4. The standard InChI is InChI=1S/C13H13N3O/c14-11-6-7-15-13(16-11)10-5-1-3-9-4-2-8-17-12(9)10/h1,3,5-7H,2,4,8H2,(H2,14,15,16). The number of aromatic nitrogens is 2. The van der Waals surface area contributed by atoms with Crippen molar-refractivity contribution in [2.45, 2.75) is 12.8 Å². The third kappa shape index (κ3) is 1.82. The van der Waals surface area contributed by atoms with Crippen LogP contribution in [0, 0.1) is 0 Å². The van der Waals surface area contributed by atoms with E-state index in [4.69, 9.17) is 10.5 Å². The fourth-order valence-electron chi connectivity index (χ4n) is 2.07. The number of hydrogen-bond donors (Lipinski definition) is 1. The van der Waals surface area contributed by atoms with Crippen molar-refractivity contribution in [3.05, 3.63) is 36.0 Å². The van der Waals surface area contributed by atoms with Crippen LogP contribution in [0.25, 0.3) is 11.4 Å². The summed E-state index contributed by atoms with van der Waals surface area (Å²) in [6, 6.07) is 7.75. The summed E-state index contributed by atoms with van der Waals surface area (Å²) in [5.74, 6) is 2.01. The van der Waals surface area contributed by atoms with Crippen molar-refractivity contribution < 1.29 is 4.74 Å². The normalized spacial score (nSPS) is 13.9. The highest BCUT2D eigenvalue weighted by Gasteiger charge is 2.16. The lowest BCUT2D eigenvalue weighted by atomic mass is 10.0. The van der Waals surface area contributed by atoms with Crippen LogP contribution in [0.2, 0.25) is 0 Å². The maximum atomic E-state index is 5.73. The van der Waals surface area contributed by atoms with E-state index in [1.54, 1.807) is 12.3 Å². The van der Waals surface area contributed by atoms with Gasteiger partial charge in [-0.05, 0) is 30.5 Å². The summed E-state index contributed by atoms with van der Waals surface area (Å²) in [6.07, 6.45) is 3.78. The molecule has 0 spiro atoms. The number of nitrogen functional groups attached to an aromatic ring is 1. The van der Waals surface area contributed by atoms with Gasteiger partial charge >= 0.3 is 0 Å². The van der Waals surface area contributed by atoms with Gasteiger partial charge in [-0.15, -0.1) is 0 Å². The van der Waals surface area contributed by atoms with Gasteiger partial charge in [-0.1, -0.05) is 12.1 Å². The third-order valence-electron chi connectivity index (χ3n) is 2.85. The fourth-order valence-corrected chi connectivity index (χ4v) is 2.07. The summed E-state index contributed by atoms with van der Waals surface area (Å²) in [4.78, 5) is 8.49. The molecule has 0 atom stereocenters. The minimum Gasteiger partial charge on any atom is -0.493 e. The average Bonchev–Trinajstić information content (AvgIpc) is 2.38. The van der Waals surface area contributed by atoms with Crippen molar-refractivity contribution in [1.82, 2.24) is 9.97 Å². The molecule has 0 aliphatic carbocycles. The lowest BCUT2D eigenvalue weighted by molar-refractivity contribution is 0.289. The molecule has 4 nitrogen and oxygen atoms in total. The summed E-state index contributed by atoms with van der Waals surface area (Å²) < 4.78 is 5.73. The van der Waals surface area contributed by atoms with Gasteiger partial charge in [0, 0.05) is 6.20 Å². The molecule has 2 N–H and O–H groups in total. The van der Waals surface area contributed by atoms with Crippen LogP contribution in [0.3, 0.4) is 0 Å². The molecule has 0 radical (unpaired) electrons. The molecule has 1 aromatic carbocycles. The minimum atomic E-state index is 0.475. The molecule has 0 unspecified atom stereocenters. The summed E-state index contributed by atoms with van der Waals surface area (Å²) in [5.41, 5.74) is 7.83. The third-order valence-corrected chi connectivity index (χ3v) is 2.85. The predicted octanol–water partition coefficient (Wildman–Crippen LogP) is 2.05. The molecular weight excluding hydrogens is 214 g/mol. The Balaban J connectivity index is 2.14. The van der Waals surface area contributed by atoms with E-state index in [1.807, 2.05) is 12.1 Å². The van der Waals surface area contributed by atoms with Crippen LogP contribution in [-0.2, 0) is 6.42 Å². The number of aryl methyl sites for hydroxylation is 1. The number of ether oxygens (including phenoxy) is 1. The molecule has 0 amide bonds. The van der Waals surface area contributed by atoms with E-state index in [2.05, 4.69) is 16.0 Å². The van der Waals surface area contributed by atoms with Crippen molar-refractivity contribution in [2.75, 3.05) is 12.3 Å². The molecule has 3 rings (SSSR count). The van der Waals surface area contributed by atoms with Crippen molar-refractivity contribution in [3.8, 4) is 17.1 Å². The Labute approximate surface area is 99.5 Å². The largest absolute Gasteiger partial charge is 0.493 e. The van der Waals surface area contributed by atoms with Crippen LogP contribution < -0.4 is 10.5 Å². The first kappa shape index (κ1) is 10.1. The lowest BCUT2D eigenvalue weighted by Gasteiger charge is -2.19. The maximum absolute atomic E-state index is 5.73. The van der Waals surface area contributed by atoms with E-state index >= 15 is 0 Å². The van der Waals surface area contributed by atoms with E-state index in [0.29, 0.717) is 11.6 Å². The van der Waals surface area contributed by atoms with Gasteiger partial charge in [0.25, 0.3) is 0 Å². The highest BCUT2D eigenvalue weighted by Crippen LogP contribution is 2.34. The van der Waals surface area contributed by atoms with Gasteiger partial charge in [0.15, 0.2) is 5.82 Å². The molecule has 86 valence electrons. The first-order valence-electron chi connectivity index (χ1n) is 5.68. The quantitative estimate of drug-likeness (QED) is 0.810. The van der Waals surface area contributed by atoms with Crippen LogP contribution in [-0.4, -0.2) is 16.6 Å². The monoisotopic (exact) mass is 227 g/mol. The zero-order valence-electron chi connectivity index (χ0n) is 9.39. The van der Waals surface area contributed by atoms with Crippen molar-refractivity contribution >= 4 is 5.82 Å². The SMILES string of the molecule is Nc1ccnc(-c2cccc3c2OCCC3)n1. The number of para-hydroxylation sites is 1. The summed E-state index contributed by atoms with van der Waals surface area (Å²) in [7, 11) is 0. The fraction of sp³-hybridized carbons (Fsp3) is 0.231. The van der Waals surface area contributed by atoms with Crippen molar-refractivity contribution in [3.63, 3.8) is 0 Å². The predicted molar refractivity (Wildman–Crippen MR) is 65.7 cm³/mol. The summed E-state index contributed by atoms with van der Waals surface area (Å²) in [5, 5.41) is 0. The van der Waals surface area contributed by atoms with Gasteiger partial charge in [0.2, 0.25) is 0 Å². The van der Waals surface area contributed by atoms with Crippen LogP contribution in [0.15, 0.2) is 30.5 Å². The van der Waals surface area contributed by atoms with Crippen molar-refractivity contribution in [2.24, 2.45) is 0 Å². The van der Waals surface area contributed by atoms with E-state index in [1.165, 1.54) is 5.56 Å². The highest BCUT2D eigenvalue weighted by atomic mass is 16.5. The van der Waals surface area contributed by atoms with E-state index in [-0.39, 0.29) is 0 Å². The Morgan fingerprint density at radius 1 is 1.24 bits per heavy atom. The molecule has 4 heteroatoms. The van der Waals surface area contributed by atoms with Crippen LogP contribution >= 0.6 is 0 Å². The topological polar surface area (TPSA) is 61.0 Å². The molecule has 0 saturated heterocycles. The number of anilines is 1. The minimum absolute atomic E-state index is 0.475. The summed E-state index contributed by atoms with van der Waals surface area (Å²) in [6.45, 7) is 0.756. The zero-order valence-corrected chi connectivity index (χ0v) is 9.39. The van der Waals surface area contributed by atoms with Gasteiger partial charge < -0.3 is 10.5 Å². The van der Waals surface area contributed by atoms with Gasteiger partial charge in [-0.3, -0.25) is 0 Å². The second-order valence-electron chi connectivity index (χ2n) is 4.05. The van der Waals surface area contributed by atoms with Crippen LogP contribution in [0.4, 0.5) is 5.82 Å². The van der Waals surface area contributed by atoms with E-state index in [9.17, 15) is 0 Å². The molecule has 1 aliphatic rings. The second kappa shape index (κ2) is 4.05. The Kier molecular flexibility index (Phi) is 2.40. The smallest absolute Gasteiger partial charge is 0.165 e. The maximum Gasteiger partial charge on any atom is 0.165 e. The highest BCUT2D eigenvalue weighted by molar-refractivity contribution is 5.67. The second-order valence-corrected chi connectivity index (χ2v) is 4.05. The molecule has 2 aromatic rings. The molecule has 1 aliphatic heterocycles. The first-order valence-corrected chi connectivity index (χ1v) is 5.68. The lowest BCUT2D eigenvalue weighted by Crippen LogP contribution is -2.09. The molecule has 1 aromatic heterocycles. The summed E-state index contributed by atoms with van der Waals surface area (Å²) >= 11 is 0. The van der Waals surface area contributed by atoms with E-state index < -0.39 is 0 Å². The molecule has 0 fully saturated rings. The Bertz CT molecular complexity index is 554. The number of nitrogens with two attached hydrogens (primary N) is 1. The van der Waals surface area contributed by atoms with Crippen LogP contribution in [0.1, 0.15) is 12.0 Å². The number of nitrogens with zero attached hydrogens (tertiary/aromatic N) is 2. The average molecular weight is 227 g/mol. The van der Waals surface area contributed by atoms with Gasteiger partial charge in [-0.25, -0.2) is 9.97 Å². The number of benzene rings is 1. The Hall–Kier alpha value is -2.10. The van der Waals surface area contributed by atoms with Gasteiger partial charge in [-0.2, -0.15) is 0 Å². The molecule has 0 bridgehead atoms. The molecular formula is C13H13N3O. The van der Waals surface area contributed by atoms with Crippen LogP contribution in [0.5, 0.6) is 5.75 Å². The van der Waals surface area contributed by atoms with Gasteiger partial charge in [0.05, 0.1) is 12.2 Å². The molecule has 17 heavy (non-hydrogen) atoms. The Morgan fingerprint density at radius 2 is 2.18 bits per heavy atom. The number of rotatable bonds is 1. The van der Waals surface area contributed by atoms with E-state index in [0.717, 1.165) is 30.8 Å².